The monoisotopic (exact) mass is 491 g/mol. The molecule has 2 aromatic heterocycles. The zero-order valence-electron chi connectivity index (χ0n) is 17.7. The minimum absolute atomic E-state index is 0.308. The van der Waals surface area contributed by atoms with Crippen LogP contribution in [0.3, 0.4) is 0 Å². The van der Waals surface area contributed by atoms with Gasteiger partial charge in [0.1, 0.15) is 11.9 Å². The molecule has 3 heterocycles. The van der Waals surface area contributed by atoms with Gasteiger partial charge in [-0.1, -0.05) is 23.7 Å². The molecule has 7 nitrogen and oxygen atoms in total. The summed E-state index contributed by atoms with van der Waals surface area (Å²) in [5.74, 6) is -0.308. The minimum Gasteiger partial charge on any atom is -0.379 e. The number of nitrogens with one attached hydrogen (secondary N) is 5. The van der Waals surface area contributed by atoms with Crippen molar-refractivity contribution in [2.24, 2.45) is 0 Å². The molecule has 1 aliphatic heterocycles. The normalized spacial score (nSPS) is 13.5. The summed E-state index contributed by atoms with van der Waals surface area (Å²) in [4.78, 5) is 4.42. The molecule has 170 valence electrons. The third-order valence-corrected chi connectivity index (χ3v) is 6.45. The van der Waals surface area contributed by atoms with Crippen LogP contribution in [0.2, 0.25) is 5.02 Å². The molecule has 5 rings (SSSR count). The Bertz CT molecular complexity index is 1400. The number of nitrogens with zero attached hydrogens (tertiary/aromatic N) is 2. The number of aromatic nitrogens is 1. The van der Waals surface area contributed by atoms with E-state index in [0.29, 0.717) is 28.3 Å². The highest BCUT2D eigenvalue weighted by atomic mass is 35.5. The summed E-state index contributed by atoms with van der Waals surface area (Å²) in [7, 11) is 0. The maximum Gasteiger partial charge on any atom is 0.123 e. The van der Waals surface area contributed by atoms with Gasteiger partial charge in [0.25, 0.3) is 0 Å². The van der Waals surface area contributed by atoms with Crippen LogP contribution in [0.5, 0.6) is 0 Å². The summed E-state index contributed by atoms with van der Waals surface area (Å²) in [5, 5.41) is 21.8. The van der Waals surface area contributed by atoms with E-state index in [1.54, 1.807) is 35.7 Å². The average Bonchev–Trinajstić information content (AvgIpc) is 3.56. The molecular weight excluding hydrogens is 473 g/mol. The molecular formula is C24H19ClFN7S. The van der Waals surface area contributed by atoms with Gasteiger partial charge in [0.2, 0.25) is 0 Å². The molecule has 0 aliphatic carbocycles. The topological polar surface area (TPSA) is 96.8 Å². The Balaban J connectivity index is 1.55. The molecule has 1 atom stereocenters. The van der Waals surface area contributed by atoms with Gasteiger partial charge in [-0.3, -0.25) is 4.98 Å². The lowest BCUT2D eigenvalue weighted by atomic mass is 10.0. The van der Waals surface area contributed by atoms with Crippen molar-refractivity contribution in [2.75, 3.05) is 10.6 Å². The Hall–Kier alpha value is -3.84. The van der Waals surface area contributed by atoms with E-state index in [9.17, 15) is 9.65 Å². The van der Waals surface area contributed by atoms with E-state index >= 15 is 0 Å². The summed E-state index contributed by atoms with van der Waals surface area (Å²) in [6.07, 6.45) is 3.32. The van der Waals surface area contributed by atoms with E-state index in [-0.39, 0.29) is 11.9 Å². The SMILES string of the molecule is N#Cc1cnc2c(Cl)cc(N[C@H](C3=CNNN3)c3ccc(F)cc3)cc2c1NCc1ccsc1. The summed E-state index contributed by atoms with van der Waals surface area (Å²) in [5.41, 5.74) is 14.0. The van der Waals surface area contributed by atoms with Crippen molar-refractivity contribution in [3.8, 4) is 6.07 Å². The van der Waals surface area contributed by atoms with Crippen LogP contribution in [-0.4, -0.2) is 4.98 Å². The summed E-state index contributed by atoms with van der Waals surface area (Å²) in [6, 6.07) is 13.9. The number of thiophene rings is 1. The fraction of sp³-hybridized carbons (Fsp3) is 0.0833. The van der Waals surface area contributed by atoms with Gasteiger partial charge in [-0.15, -0.1) is 0 Å². The molecule has 5 N–H and O–H groups in total. The number of hydrogen-bond acceptors (Lipinski definition) is 8. The maximum absolute atomic E-state index is 13.5. The molecule has 0 unspecified atom stereocenters. The van der Waals surface area contributed by atoms with E-state index in [2.05, 4.69) is 43.5 Å². The van der Waals surface area contributed by atoms with Crippen molar-refractivity contribution in [1.29, 1.82) is 5.26 Å². The van der Waals surface area contributed by atoms with E-state index in [0.717, 1.165) is 27.9 Å². The number of pyridine rings is 1. The van der Waals surface area contributed by atoms with E-state index < -0.39 is 0 Å². The molecule has 2 aromatic carbocycles. The Morgan fingerprint density at radius 2 is 2.06 bits per heavy atom. The summed E-state index contributed by atoms with van der Waals surface area (Å²) < 4.78 is 13.5. The number of halogens is 2. The molecule has 0 saturated carbocycles. The van der Waals surface area contributed by atoms with Crippen LogP contribution in [0.1, 0.15) is 22.7 Å². The Labute approximate surface area is 204 Å². The summed E-state index contributed by atoms with van der Waals surface area (Å²) >= 11 is 8.24. The predicted octanol–water partition coefficient (Wildman–Crippen LogP) is 5.18. The van der Waals surface area contributed by atoms with Gasteiger partial charge in [0.05, 0.1) is 33.5 Å². The second kappa shape index (κ2) is 9.57. The highest BCUT2D eigenvalue weighted by Gasteiger charge is 2.21. The third-order valence-electron chi connectivity index (χ3n) is 5.43. The lowest BCUT2D eigenvalue weighted by Crippen LogP contribution is -2.33. The van der Waals surface area contributed by atoms with Crippen molar-refractivity contribution in [1.82, 2.24) is 21.4 Å². The molecule has 10 heteroatoms. The second-order valence-electron chi connectivity index (χ2n) is 7.62. The molecule has 34 heavy (non-hydrogen) atoms. The highest BCUT2D eigenvalue weighted by molar-refractivity contribution is 7.07. The highest BCUT2D eigenvalue weighted by Crippen LogP contribution is 2.35. The van der Waals surface area contributed by atoms with Crippen molar-refractivity contribution in [2.45, 2.75) is 12.6 Å². The molecule has 0 radical (unpaired) electrons. The van der Waals surface area contributed by atoms with Crippen molar-refractivity contribution in [3.05, 3.63) is 98.8 Å². The van der Waals surface area contributed by atoms with E-state index in [1.807, 2.05) is 17.5 Å². The number of nitriles is 1. The third kappa shape index (κ3) is 4.47. The average molecular weight is 492 g/mol. The first-order chi connectivity index (χ1) is 16.6. The van der Waals surface area contributed by atoms with Crippen molar-refractivity contribution in [3.63, 3.8) is 0 Å². The number of hydrogen-bond donors (Lipinski definition) is 5. The fourth-order valence-electron chi connectivity index (χ4n) is 3.78. The predicted molar refractivity (Wildman–Crippen MR) is 133 cm³/mol. The van der Waals surface area contributed by atoms with Gasteiger partial charge >= 0.3 is 0 Å². The van der Waals surface area contributed by atoms with Gasteiger partial charge in [-0.2, -0.15) is 22.1 Å². The smallest absolute Gasteiger partial charge is 0.123 e. The lowest BCUT2D eigenvalue weighted by Gasteiger charge is -2.22. The van der Waals surface area contributed by atoms with E-state index in [1.165, 1.54) is 18.3 Å². The number of rotatable bonds is 7. The van der Waals surface area contributed by atoms with Gasteiger partial charge in [-0.05, 0) is 52.2 Å². The lowest BCUT2D eigenvalue weighted by molar-refractivity contribution is 0.582. The molecule has 0 saturated heterocycles. The molecule has 1 aliphatic rings. The summed E-state index contributed by atoms with van der Waals surface area (Å²) in [6.45, 7) is 0.568. The van der Waals surface area contributed by atoms with E-state index in [4.69, 9.17) is 11.6 Å². The number of anilines is 2. The van der Waals surface area contributed by atoms with Crippen LogP contribution in [0, 0.1) is 17.1 Å². The Kier molecular flexibility index (Phi) is 6.18. The van der Waals surface area contributed by atoms with Gasteiger partial charge in [0.15, 0.2) is 0 Å². The minimum atomic E-state index is -0.328. The number of benzene rings is 2. The quantitative estimate of drug-likeness (QED) is 0.243. The molecule has 0 amide bonds. The van der Waals surface area contributed by atoms with Crippen molar-refractivity contribution >= 4 is 45.2 Å². The Morgan fingerprint density at radius 1 is 1.21 bits per heavy atom. The van der Waals surface area contributed by atoms with Crippen LogP contribution in [-0.2, 0) is 6.54 Å². The first kappa shape index (κ1) is 22.0. The maximum atomic E-state index is 13.5. The van der Waals surface area contributed by atoms with Crippen LogP contribution < -0.4 is 27.0 Å². The number of fused-ring (bicyclic) bond motifs is 1. The standard InChI is InChI=1S/C24H19ClFN7S/c25-20-8-18(31-23(21-12-30-33-32-21)15-1-3-17(26)4-2-15)7-19-22(16(9-27)11-29-24(19)20)28-10-14-5-6-34-13-14/h1-8,11-13,23,30-33H,10H2,(H,28,29)/t23-/m0/s1. The molecule has 0 spiro atoms. The van der Waals surface area contributed by atoms with Crippen LogP contribution >= 0.6 is 22.9 Å². The van der Waals surface area contributed by atoms with Gasteiger partial charge < -0.3 is 21.5 Å². The zero-order chi connectivity index (χ0) is 23.5. The van der Waals surface area contributed by atoms with Gasteiger partial charge in [-0.25, -0.2) is 4.39 Å². The molecule has 4 aromatic rings. The van der Waals surface area contributed by atoms with Gasteiger partial charge in [0, 0.05) is 30.0 Å². The second-order valence-corrected chi connectivity index (χ2v) is 8.81. The van der Waals surface area contributed by atoms with Crippen LogP contribution in [0.15, 0.2) is 71.3 Å². The number of hydrazine groups is 2. The zero-order valence-corrected chi connectivity index (χ0v) is 19.3. The molecule has 0 bridgehead atoms. The van der Waals surface area contributed by atoms with Crippen LogP contribution in [0.25, 0.3) is 10.9 Å². The Morgan fingerprint density at radius 3 is 2.76 bits per heavy atom. The van der Waals surface area contributed by atoms with Crippen LogP contribution in [0.4, 0.5) is 15.8 Å². The first-order valence-electron chi connectivity index (χ1n) is 10.4. The largest absolute Gasteiger partial charge is 0.379 e. The first-order valence-corrected chi connectivity index (χ1v) is 11.7. The van der Waals surface area contributed by atoms with Crippen molar-refractivity contribution < 1.29 is 4.39 Å². The molecule has 0 fully saturated rings. The fourth-order valence-corrected chi connectivity index (χ4v) is 4.71.